The number of hydrogen-bond donors (Lipinski definition) is 2. The first-order valence-corrected chi connectivity index (χ1v) is 12.1. The van der Waals surface area contributed by atoms with Crippen LogP contribution in [0.5, 0.6) is 0 Å². The van der Waals surface area contributed by atoms with Gasteiger partial charge < -0.3 is 20.4 Å². The molecule has 2 atom stereocenters. The minimum Gasteiger partial charge on any atom is -0.355 e. The first-order chi connectivity index (χ1) is 16.0. The van der Waals surface area contributed by atoms with Crippen molar-refractivity contribution in [2.75, 3.05) is 42.9 Å². The summed E-state index contributed by atoms with van der Waals surface area (Å²) >= 11 is 0. The number of fused-ring (bicyclic) bond motifs is 1. The van der Waals surface area contributed by atoms with Crippen LogP contribution in [0.4, 0.5) is 16.3 Å². The average Bonchev–Trinajstić information content (AvgIpc) is 3.62. The molecular weight excluding hydrogens is 414 g/mol. The predicted octanol–water partition coefficient (Wildman–Crippen LogP) is 3.67. The van der Waals surface area contributed by atoms with Gasteiger partial charge in [0.2, 0.25) is 5.91 Å². The predicted molar refractivity (Wildman–Crippen MR) is 129 cm³/mol. The number of rotatable bonds is 5. The summed E-state index contributed by atoms with van der Waals surface area (Å²) in [6.45, 7) is 5.41. The Morgan fingerprint density at radius 1 is 1.12 bits per heavy atom. The molecule has 2 aliphatic heterocycles. The fraction of sp³-hybridized carbons (Fsp3) is 0.500. The molecule has 0 bridgehead atoms. The molecule has 0 unspecified atom stereocenters. The summed E-state index contributed by atoms with van der Waals surface area (Å²) in [4.78, 5) is 35.4. The molecule has 3 amide bonds. The van der Waals surface area contributed by atoms with Crippen molar-refractivity contribution in [3.63, 3.8) is 0 Å². The Labute approximate surface area is 195 Å². The first kappa shape index (κ1) is 21.7. The Kier molecular flexibility index (Phi) is 5.96. The van der Waals surface area contributed by atoms with E-state index in [0.29, 0.717) is 25.6 Å². The normalized spacial score (nSPS) is 24.7. The molecule has 2 aromatic rings. The lowest BCUT2D eigenvalue weighted by atomic mass is 9.74. The van der Waals surface area contributed by atoms with E-state index >= 15 is 0 Å². The molecule has 33 heavy (non-hydrogen) atoms. The third kappa shape index (κ3) is 4.68. The number of aromatic nitrogens is 1. The van der Waals surface area contributed by atoms with Gasteiger partial charge in [-0.1, -0.05) is 23.8 Å². The van der Waals surface area contributed by atoms with E-state index in [1.807, 2.05) is 54.3 Å². The molecule has 1 aromatic heterocycles. The van der Waals surface area contributed by atoms with E-state index in [4.69, 9.17) is 0 Å². The van der Waals surface area contributed by atoms with Gasteiger partial charge in [-0.25, -0.2) is 9.78 Å². The summed E-state index contributed by atoms with van der Waals surface area (Å²) < 4.78 is 0. The van der Waals surface area contributed by atoms with E-state index in [2.05, 4.69) is 20.5 Å². The Hall–Kier alpha value is -3.09. The lowest BCUT2D eigenvalue weighted by molar-refractivity contribution is -0.132. The highest BCUT2D eigenvalue weighted by molar-refractivity contribution is 5.90. The molecule has 0 spiro atoms. The molecule has 1 saturated carbocycles. The Balaban J connectivity index is 1.35. The third-order valence-corrected chi connectivity index (χ3v) is 7.45. The van der Waals surface area contributed by atoms with Gasteiger partial charge in [0, 0.05) is 50.5 Å². The summed E-state index contributed by atoms with van der Waals surface area (Å²) in [5.41, 5.74) is 1.46. The van der Waals surface area contributed by atoms with Crippen LogP contribution in [-0.4, -0.2) is 54.5 Å². The zero-order valence-corrected chi connectivity index (χ0v) is 19.3. The van der Waals surface area contributed by atoms with Gasteiger partial charge in [0.25, 0.3) is 0 Å². The Morgan fingerprint density at radius 3 is 2.67 bits per heavy atom. The largest absolute Gasteiger partial charge is 0.355 e. The van der Waals surface area contributed by atoms with Crippen molar-refractivity contribution in [1.29, 1.82) is 0 Å². The summed E-state index contributed by atoms with van der Waals surface area (Å²) in [5.74, 6) is 1.75. The van der Waals surface area contributed by atoms with Gasteiger partial charge in [0.15, 0.2) is 0 Å². The van der Waals surface area contributed by atoms with Gasteiger partial charge >= 0.3 is 6.03 Å². The first-order valence-electron chi connectivity index (χ1n) is 12.1. The van der Waals surface area contributed by atoms with Crippen LogP contribution in [0.2, 0.25) is 0 Å². The van der Waals surface area contributed by atoms with Gasteiger partial charge in [0.1, 0.15) is 5.82 Å². The molecule has 3 heterocycles. The van der Waals surface area contributed by atoms with Crippen molar-refractivity contribution < 1.29 is 9.59 Å². The number of benzene rings is 1. The fourth-order valence-electron chi connectivity index (χ4n) is 5.28. The van der Waals surface area contributed by atoms with Crippen LogP contribution in [0, 0.1) is 24.2 Å². The van der Waals surface area contributed by atoms with Gasteiger partial charge in [-0.15, -0.1) is 0 Å². The number of hydrogen-bond acceptors (Lipinski definition) is 4. The number of urea groups is 1. The topological polar surface area (TPSA) is 77.6 Å². The number of carbonyl (C=O) groups is 2. The minimum absolute atomic E-state index is 0.0602. The van der Waals surface area contributed by atoms with Crippen LogP contribution in [0.3, 0.4) is 0 Å². The number of nitrogens with one attached hydrogen (secondary N) is 2. The van der Waals surface area contributed by atoms with Crippen molar-refractivity contribution in [3.8, 4) is 0 Å². The zero-order chi connectivity index (χ0) is 22.8. The number of pyridine rings is 1. The summed E-state index contributed by atoms with van der Waals surface area (Å²) in [6.07, 6.45) is 5.81. The maximum atomic E-state index is 13.6. The standard InChI is InChI=1S/C26H33N5O2/c1-19-6-10-22(11-7-19)29-25(33)30-14-4-12-26(24(32)28-15-20-8-9-20)18-31(17-21(26)16-30)23-5-2-3-13-27-23/h2-3,5-7,10-11,13,20-21H,4,8-9,12,14-18H2,1H3,(H,28,32)(H,29,33)/t21-,26-/m1/s1. The number of amides is 3. The van der Waals surface area contributed by atoms with Crippen molar-refractivity contribution in [2.45, 2.75) is 32.6 Å². The molecular formula is C26H33N5O2. The maximum absolute atomic E-state index is 13.6. The van der Waals surface area contributed by atoms with Crippen LogP contribution in [0.1, 0.15) is 31.2 Å². The second kappa shape index (κ2) is 9.04. The Morgan fingerprint density at radius 2 is 1.94 bits per heavy atom. The quantitative estimate of drug-likeness (QED) is 0.733. The van der Waals surface area contributed by atoms with Crippen LogP contribution < -0.4 is 15.5 Å². The molecule has 7 heteroatoms. The zero-order valence-electron chi connectivity index (χ0n) is 19.3. The van der Waals surface area contributed by atoms with Crippen molar-refractivity contribution in [2.24, 2.45) is 17.3 Å². The van der Waals surface area contributed by atoms with Gasteiger partial charge in [-0.3, -0.25) is 4.79 Å². The molecule has 1 aliphatic carbocycles. The molecule has 0 radical (unpaired) electrons. The summed E-state index contributed by atoms with van der Waals surface area (Å²) in [6, 6.07) is 13.7. The maximum Gasteiger partial charge on any atom is 0.321 e. The van der Waals surface area contributed by atoms with E-state index in [1.54, 1.807) is 6.20 Å². The Bertz CT molecular complexity index is 992. The second-order valence-corrected chi connectivity index (χ2v) is 9.92. The van der Waals surface area contributed by atoms with Gasteiger partial charge in [-0.2, -0.15) is 0 Å². The molecule has 1 aromatic carbocycles. The van der Waals surface area contributed by atoms with Crippen LogP contribution >= 0.6 is 0 Å². The lowest BCUT2D eigenvalue weighted by Gasteiger charge is -2.32. The van der Waals surface area contributed by atoms with E-state index in [0.717, 1.165) is 43.0 Å². The molecule has 2 saturated heterocycles. The number of aryl methyl sites for hydroxylation is 1. The monoisotopic (exact) mass is 447 g/mol. The second-order valence-electron chi connectivity index (χ2n) is 9.92. The highest BCUT2D eigenvalue weighted by Crippen LogP contribution is 2.44. The lowest BCUT2D eigenvalue weighted by Crippen LogP contribution is -2.49. The highest BCUT2D eigenvalue weighted by Gasteiger charge is 2.53. The van der Waals surface area contributed by atoms with Crippen molar-refractivity contribution >= 4 is 23.4 Å². The smallest absolute Gasteiger partial charge is 0.321 e. The molecule has 2 N–H and O–H groups in total. The summed E-state index contributed by atoms with van der Waals surface area (Å²) in [7, 11) is 0. The third-order valence-electron chi connectivity index (χ3n) is 7.45. The van der Waals surface area contributed by atoms with E-state index in [-0.39, 0.29) is 17.9 Å². The minimum atomic E-state index is -0.495. The van der Waals surface area contributed by atoms with Gasteiger partial charge in [-0.05, 0) is 62.8 Å². The van der Waals surface area contributed by atoms with E-state index in [9.17, 15) is 9.59 Å². The number of nitrogens with zero attached hydrogens (tertiary/aromatic N) is 3. The van der Waals surface area contributed by atoms with Crippen LogP contribution in [0.15, 0.2) is 48.7 Å². The molecule has 3 fully saturated rings. The van der Waals surface area contributed by atoms with Crippen molar-refractivity contribution in [3.05, 3.63) is 54.2 Å². The van der Waals surface area contributed by atoms with Crippen molar-refractivity contribution in [1.82, 2.24) is 15.2 Å². The van der Waals surface area contributed by atoms with E-state index < -0.39 is 5.41 Å². The number of carbonyl (C=O) groups excluding carboxylic acids is 2. The number of anilines is 2. The molecule has 174 valence electrons. The van der Waals surface area contributed by atoms with Crippen LogP contribution in [0.25, 0.3) is 0 Å². The van der Waals surface area contributed by atoms with Gasteiger partial charge in [0.05, 0.1) is 5.41 Å². The molecule has 3 aliphatic rings. The molecule has 5 rings (SSSR count). The van der Waals surface area contributed by atoms with E-state index in [1.165, 1.54) is 12.8 Å². The average molecular weight is 448 g/mol. The van der Waals surface area contributed by atoms with Crippen LogP contribution in [-0.2, 0) is 4.79 Å². The highest BCUT2D eigenvalue weighted by atomic mass is 16.2. The number of likely N-dealkylation sites (tertiary alicyclic amines) is 1. The molecule has 7 nitrogen and oxygen atoms in total. The SMILES string of the molecule is Cc1ccc(NC(=O)N2CCC[C@@]3(C(=O)NCC4CC4)CN(c4ccccn4)C[C@H]3C2)cc1. The fourth-order valence-corrected chi connectivity index (χ4v) is 5.28. The summed E-state index contributed by atoms with van der Waals surface area (Å²) in [5, 5.41) is 6.30.